The van der Waals surface area contributed by atoms with E-state index in [-0.39, 0.29) is 5.92 Å². The zero-order chi connectivity index (χ0) is 5.28. The maximum Gasteiger partial charge on any atom is 0.0743 e. The number of nitriles is 1. The molecule has 0 bridgehead atoms. The average Bonchev–Trinajstić information content (AvgIpc) is 1.58. The molecule has 1 fully saturated rings. The maximum atomic E-state index is 8.17. The molecule has 7 heavy (non-hydrogen) atoms. The molecule has 0 spiro atoms. The highest BCUT2D eigenvalue weighted by atomic mass is 35.5. The maximum absolute atomic E-state index is 8.17. The molecule has 0 amide bonds. The van der Waals surface area contributed by atoms with Crippen LogP contribution >= 0.6 is 11.8 Å². The van der Waals surface area contributed by atoms with Crippen molar-refractivity contribution in [2.24, 2.45) is 5.92 Å². The molecule has 1 aliphatic heterocycles. The minimum atomic E-state index is 0.192. The van der Waals surface area contributed by atoms with Crippen molar-refractivity contribution in [3.05, 3.63) is 0 Å². The van der Waals surface area contributed by atoms with Crippen molar-refractivity contribution in [1.82, 2.24) is 4.42 Å². The first-order valence-corrected chi connectivity index (χ1v) is 2.47. The van der Waals surface area contributed by atoms with Gasteiger partial charge in [0.05, 0.1) is 12.0 Å². The first kappa shape index (κ1) is 4.89. The lowest BCUT2D eigenvalue weighted by Crippen LogP contribution is -2.38. The predicted molar refractivity (Wildman–Crippen MR) is 26.5 cm³/mol. The zero-order valence-electron chi connectivity index (χ0n) is 3.76. The van der Waals surface area contributed by atoms with Crippen molar-refractivity contribution < 1.29 is 0 Å². The quantitative estimate of drug-likeness (QED) is 0.434. The third kappa shape index (κ3) is 0.846. The van der Waals surface area contributed by atoms with Crippen LogP contribution in [0.4, 0.5) is 0 Å². The molecule has 0 aromatic heterocycles. The minimum Gasteiger partial charge on any atom is -0.217 e. The molecule has 0 N–H and O–H groups in total. The van der Waals surface area contributed by atoms with Gasteiger partial charge in [0.1, 0.15) is 0 Å². The number of hydrogen-bond donors (Lipinski definition) is 0. The van der Waals surface area contributed by atoms with Crippen molar-refractivity contribution in [3.63, 3.8) is 0 Å². The second-order valence-corrected chi connectivity index (χ2v) is 2.13. The summed E-state index contributed by atoms with van der Waals surface area (Å²) in [7, 11) is 0. The molecule has 1 heterocycles. The number of nitrogens with zero attached hydrogens (tertiary/aromatic N) is 2. The highest BCUT2D eigenvalue weighted by Gasteiger charge is 2.23. The first-order chi connectivity index (χ1) is 3.33. The lowest BCUT2D eigenvalue weighted by Gasteiger charge is -2.27. The predicted octanol–water partition coefficient (Wildman–Crippen LogP) is 0.596. The summed E-state index contributed by atoms with van der Waals surface area (Å²) >= 11 is 5.40. The largest absolute Gasteiger partial charge is 0.217 e. The summed E-state index contributed by atoms with van der Waals surface area (Å²) in [6, 6.07) is 2.11. The molecule has 38 valence electrons. The smallest absolute Gasteiger partial charge is 0.0743 e. The standard InChI is InChI=1S/C4H5ClN2/c5-7-2-4(1-6)3-7/h4H,2-3H2. The van der Waals surface area contributed by atoms with E-state index in [0.29, 0.717) is 0 Å². The summed E-state index contributed by atoms with van der Waals surface area (Å²) in [4.78, 5) is 0. The van der Waals surface area contributed by atoms with E-state index >= 15 is 0 Å². The fourth-order valence-electron chi connectivity index (χ4n) is 0.506. The van der Waals surface area contributed by atoms with Gasteiger partial charge in [-0.3, -0.25) is 0 Å². The molecule has 1 aliphatic rings. The van der Waals surface area contributed by atoms with E-state index in [9.17, 15) is 0 Å². The Morgan fingerprint density at radius 3 is 2.43 bits per heavy atom. The van der Waals surface area contributed by atoms with Crippen molar-refractivity contribution >= 4 is 11.8 Å². The van der Waals surface area contributed by atoms with Crippen molar-refractivity contribution in [2.75, 3.05) is 13.1 Å². The first-order valence-electron chi connectivity index (χ1n) is 2.13. The van der Waals surface area contributed by atoms with E-state index in [2.05, 4.69) is 6.07 Å². The van der Waals surface area contributed by atoms with Crippen LogP contribution in [-0.2, 0) is 0 Å². The van der Waals surface area contributed by atoms with E-state index in [1.54, 1.807) is 4.42 Å². The van der Waals surface area contributed by atoms with Gasteiger partial charge in [-0.05, 0) is 11.8 Å². The topological polar surface area (TPSA) is 27.0 Å². The SMILES string of the molecule is N#CC1CN(Cl)C1. The second kappa shape index (κ2) is 1.69. The van der Waals surface area contributed by atoms with E-state index in [1.807, 2.05) is 0 Å². The number of hydrogen-bond acceptors (Lipinski definition) is 2. The fourth-order valence-corrected chi connectivity index (χ4v) is 0.840. The zero-order valence-corrected chi connectivity index (χ0v) is 4.52. The molecule has 3 heteroatoms. The Bertz CT molecular complexity index is 101. The normalized spacial score (nSPS) is 23.4. The monoisotopic (exact) mass is 116 g/mol. The molecule has 0 aromatic rings. The Morgan fingerprint density at radius 1 is 1.71 bits per heavy atom. The molecule has 0 radical (unpaired) electrons. The summed E-state index contributed by atoms with van der Waals surface area (Å²) in [5.41, 5.74) is 0. The van der Waals surface area contributed by atoms with Crippen molar-refractivity contribution in [2.45, 2.75) is 0 Å². The van der Waals surface area contributed by atoms with Crippen LogP contribution in [-0.4, -0.2) is 17.5 Å². The number of rotatable bonds is 0. The van der Waals surface area contributed by atoms with Crippen LogP contribution in [0.25, 0.3) is 0 Å². The van der Waals surface area contributed by atoms with Crippen molar-refractivity contribution in [1.29, 1.82) is 5.26 Å². The van der Waals surface area contributed by atoms with Gasteiger partial charge in [-0.1, -0.05) is 0 Å². The Balaban J connectivity index is 2.21. The Kier molecular flexibility index (Phi) is 1.18. The van der Waals surface area contributed by atoms with Crippen LogP contribution in [0.15, 0.2) is 0 Å². The third-order valence-corrected chi connectivity index (χ3v) is 1.30. The van der Waals surface area contributed by atoms with E-state index in [4.69, 9.17) is 17.0 Å². The van der Waals surface area contributed by atoms with Gasteiger partial charge >= 0.3 is 0 Å². The van der Waals surface area contributed by atoms with Gasteiger partial charge in [-0.15, -0.1) is 0 Å². The molecule has 0 atom stereocenters. The van der Waals surface area contributed by atoms with Crippen LogP contribution in [0.5, 0.6) is 0 Å². The molecule has 1 rings (SSSR count). The Hall–Kier alpha value is -0.260. The lowest BCUT2D eigenvalue weighted by atomic mass is 10.1. The molecule has 0 saturated carbocycles. The van der Waals surface area contributed by atoms with Crippen LogP contribution in [0.3, 0.4) is 0 Å². The van der Waals surface area contributed by atoms with E-state index < -0.39 is 0 Å². The van der Waals surface area contributed by atoms with Gasteiger partial charge in [0, 0.05) is 13.1 Å². The van der Waals surface area contributed by atoms with Gasteiger partial charge in [-0.2, -0.15) is 5.26 Å². The summed E-state index contributed by atoms with van der Waals surface area (Å²) in [5, 5.41) is 8.17. The van der Waals surface area contributed by atoms with Crippen molar-refractivity contribution in [3.8, 4) is 6.07 Å². The molecule has 0 unspecified atom stereocenters. The Morgan fingerprint density at radius 2 is 2.29 bits per heavy atom. The molecular formula is C4H5ClN2. The van der Waals surface area contributed by atoms with Crippen LogP contribution < -0.4 is 0 Å². The van der Waals surface area contributed by atoms with E-state index in [0.717, 1.165) is 13.1 Å². The molecule has 2 nitrogen and oxygen atoms in total. The lowest BCUT2D eigenvalue weighted by molar-refractivity contribution is 0.261. The summed E-state index contributed by atoms with van der Waals surface area (Å²) in [6.45, 7) is 1.47. The fraction of sp³-hybridized carbons (Fsp3) is 0.750. The summed E-state index contributed by atoms with van der Waals surface area (Å²) in [6.07, 6.45) is 0. The third-order valence-electron chi connectivity index (χ3n) is 1.02. The van der Waals surface area contributed by atoms with Crippen LogP contribution in [0.1, 0.15) is 0 Å². The van der Waals surface area contributed by atoms with Crippen LogP contribution in [0.2, 0.25) is 0 Å². The highest BCUT2D eigenvalue weighted by Crippen LogP contribution is 2.15. The molecule has 0 aliphatic carbocycles. The molecule has 0 aromatic carbocycles. The highest BCUT2D eigenvalue weighted by molar-refractivity contribution is 6.13. The Labute approximate surface area is 47.4 Å². The summed E-state index contributed by atoms with van der Waals surface area (Å²) < 4.78 is 1.61. The number of halogens is 1. The van der Waals surface area contributed by atoms with Gasteiger partial charge in [0.25, 0.3) is 0 Å². The van der Waals surface area contributed by atoms with E-state index in [1.165, 1.54) is 0 Å². The minimum absolute atomic E-state index is 0.192. The van der Waals surface area contributed by atoms with Gasteiger partial charge in [0.2, 0.25) is 0 Å². The van der Waals surface area contributed by atoms with Crippen LogP contribution in [0, 0.1) is 17.2 Å². The second-order valence-electron chi connectivity index (χ2n) is 1.65. The molecule has 1 saturated heterocycles. The van der Waals surface area contributed by atoms with Gasteiger partial charge in [0.15, 0.2) is 0 Å². The van der Waals surface area contributed by atoms with Gasteiger partial charge < -0.3 is 0 Å². The molecular weight excluding hydrogens is 112 g/mol. The van der Waals surface area contributed by atoms with Gasteiger partial charge in [-0.25, -0.2) is 4.42 Å². The summed E-state index contributed by atoms with van der Waals surface area (Å²) in [5.74, 6) is 0.192. The average molecular weight is 117 g/mol.